The van der Waals surface area contributed by atoms with E-state index in [-0.39, 0.29) is 0 Å². The van der Waals surface area contributed by atoms with Gasteiger partial charge in [-0.15, -0.1) is 0 Å². The second kappa shape index (κ2) is 10.4. The summed E-state index contributed by atoms with van der Waals surface area (Å²) in [4.78, 5) is 17.6. The van der Waals surface area contributed by atoms with Crippen molar-refractivity contribution in [1.82, 2.24) is 24.5 Å². The maximum atomic E-state index is 9.66. The zero-order valence-electron chi connectivity index (χ0n) is 20.1. The first-order chi connectivity index (χ1) is 17.7. The van der Waals surface area contributed by atoms with Crippen molar-refractivity contribution in [3.05, 3.63) is 84.3 Å². The van der Waals surface area contributed by atoms with E-state index in [2.05, 4.69) is 60.2 Å². The van der Waals surface area contributed by atoms with Gasteiger partial charge in [0.15, 0.2) is 0 Å². The normalized spacial score (nSPS) is 15.0. The number of anilines is 1. The highest BCUT2D eigenvalue weighted by atomic mass is 15.3. The van der Waals surface area contributed by atoms with E-state index in [1.165, 1.54) is 11.9 Å². The SMILES string of the molecule is CN=CC(=CN)c1cc(-c2ccc(N3CCN(Cc4ncccn4)CC3)cc2)c2c(C#N)cnn2c1. The van der Waals surface area contributed by atoms with Gasteiger partial charge in [-0.3, -0.25) is 9.89 Å². The molecule has 36 heavy (non-hydrogen) atoms. The van der Waals surface area contributed by atoms with Crippen LogP contribution in [0.1, 0.15) is 17.0 Å². The maximum absolute atomic E-state index is 9.66. The van der Waals surface area contributed by atoms with E-state index in [1.807, 2.05) is 18.3 Å². The topological polar surface area (TPSA) is 112 Å². The average molecular weight is 478 g/mol. The summed E-state index contributed by atoms with van der Waals surface area (Å²) in [5, 5.41) is 14.1. The number of aliphatic imine (C=N–C) groups is 1. The van der Waals surface area contributed by atoms with E-state index >= 15 is 0 Å². The molecule has 180 valence electrons. The number of rotatable bonds is 6. The summed E-state index contributed by atoms with van der Waals surface area (Å²) < 4.78 is 1.74. The van der Waals surface area contributed by atoms with Gasteiger partial charge in [-0.1, -0.05) is 12.1 Å². The summed E-state index contributed by atoms with van der Waals surface area (Å²) in [5.41, 5.74) is 11.9. The van der Waals surface area contributed by atoms with E-state index in [1.54, 1.807) is 36.4 Å². The number of hydrogen-bond donors (Lipinski definition) is 1. The van der Waals surface area contributed by atoms with Gasteiger partial charge < -0.3 is 10.6 Å². The molecule has 1 aromatic carbocycles. The molecule has 1 aliphatic rings. The van der Waals surface area contributed by atoms with Crippen LogP contribution in [0.3, 0.4) is 0 Å². The molecule has 3 aromatic heterocycles. The lowest BCUT2D eigenvalue weighted by molar-refractivity contribution is 0.244. The Morgan fingerprint density at radius 3 is 2.56 bits per heavy atom. The third-order valence-electron chi connectivity index (χ3n) is 6.41. The molecule has 4 aromatic rings. The lowest BCUT2D eigenvalue weighted by Crippen LogP contribution is -2.46. The van der Waals surface area contributed by atoms with Crippen molar-refractivity contribution >= 4 is 23.0 Å². The molecule has 0 bridgehead atoms. The fourth-order valence-corrected chi connectivity index (χ4v) is 4.56. The van der Waals surface area contributed by atoms with Gasteiger partial charge in [0.1, 0.15) is 11.9 Å². The van der Waals surface area contributed by atoms with Crippen molar-refractivity contribution < 1.29 is 0 Å². The van der Waals surface area contributed by atoms with Crippen LogP contribution in [-0.4, -0.2) is 63.9 Å². The lowest BCUT2D eigenvalue weighted by atomic mass is 9.99. The first kappa shape index (κ1) is 23.2. The van der Waals surface area contributed by atoms with Gasteiger partial charge in [0.2, 0.25) is 0 Å². The third-order valence-corrected chi connectivity index (χ3v) is 6.41. The molecule has 9 nitrogen and oxygen atoms in total. The van der Waals surface area contributed by atoms with Crippen LogP contribution in [0.2, 0.25) is 0 Å². The van der Waals surface area contributed by atoms with Gasteiger partial charge in [0.05, 0.1) is 23.8 Å². The third kappa shape index (κ3) is 4.67. The van der Waals surface area contributed by atoms with Crippen LogP contribution in [0.5, 0.6) is 0 Å². The van der Waals surface area contributed by atoms with Crippen LogP contribution in [-0.2, 0) is 6.54 Å². The quantitative estimate of drug-likeness (QED) is 0.425. The number of aromatic nitrogens is 4. The standard InChI is InChI=1S/C27H27N9/c1-30-16-22(14-28)21-13-25(27-23(15-29)17-33-36(27)18-21)20-3-5-24(6-4-20)35-11-9-34(10-12-35)19-26-31-7-2-8-32-26/h2-8,13-14,16-18H,9-12,19,28H2,1H3. The molecule has 0 unspecified atom stereocenters. The minimum atomic E-state index is 0.529. The van der Waals surface area contributed by atoms with Crippen LogP contribution < -0.4 is 10.6 Å². The van der Waals surface area contributed by atoms with E-state index < -0.39 is 0 Å². The molecule has 2 N–H and O–H groups in total. The predicted molar refractivity (Wildman–Crippen MR) is 141 cm³/mol. The summed E-state index contributed by atoms with van der Waals surface area (Å²) in [5.74, 6) is 0.860. The fraction of sp³-hybridized carbons (Fsp3) is 0.222. The minimum Gasteiger partial charge on any atom is -0.404 e. The maximum Gasteiger partial charge on any atom is 0.142 e. The second-order valence-electron chi connectivity index (χ2n) is 8.59. The highest BCUT2D eigenvalue weighted by Crippen LogP contribution is 2.31. The van der Waals surface area contributed by atoms with E-state index in [0.29, 0.717) is 5.56 Å². The number of benzene rings is 1. The Labute approximate surface area is 209 Å². The second-order valence-corrected chi connectivity index (χ2v) is 8.59. The van der Waals surface area contributed by atoms with Crippen LogP contribution in [0.4, 0.5) is 5.69 Å². The van der Waals surface area contributed by atoms with Gasteiger partial charge >= 0.3 is 0 Å². The Morgan fingerprint density at radius 1 is 1.14 bits per heavy atom. The summed E-state index contributed by atoms with van der Waals surface area (Å²) in [7, 11) is 1.71. The van der Waals surface area contributed by atoms with E-state index in [9.17, 15) is 5.26 Å². The summed E-state index contributed by atoms with van der Waals surface area (Å²) in [6.07, 6.45) is 10.3. The number of nitrogens with zero attached hydrogens (tertiary/aromatic N) is 8. The smallest absolute Gasteiger partial charge is 0.142 e. The summed E-state index contributed by atoms with van der Waals surface area (Å²) in [6.45, 7) is 4.56. The lowest BCUT2D eigenvalue weighted by Gasteiger charge is -2.35. The van der Waals surface area contributed by atoms with Crippen LogP contribution in [0, 0.1) is 11.3 Å². The van der Waals surface area contributed by atoms with Crippen molar-refractivity contribution in [3.63, 3.8) is 0 Å². The fourth-order valence-electron chi connectivity index (χ4n) is 4.56. The highest BCUT2D eigenvalue weighted by molar-refractivity contribution is 6.10. The van der Waals surface area contributed by atoms with Crippen molar-refractivity contribution in [1.29, 1.82) is 5.26 Å². The molecule has 5 rings (SSSR count). The molecule has 4 heterocycles. The van der Waals surface area contributed by atoms with Crippen molar-refractivity contribution in [2.24, 2.45) is 10.7 Å². The Bertz CT molecular complexity index is 1440. The molecule has 1 saturated heterocycles. The largest absolute Gasteiger partial charge is 0.404 e. The number of pyridine rings is 1. The molecule has 0 atom stereocenters. The van der Waals surface area contributed by atoms with Crippen LogP contribution in [0.25, 0.3) is 22.2 Å². The van der Waals surface area contributed by atoms with Gasteiger partial charge in [-0.05, 0) is 29.8 Å². The predicted octanol–water partition coefficient (Wildman–Crippen LogP) is 2.99. The Kier molecular flexibility index (Phi) is 6.69. The Morgan fingerprint density at radius 2 is 1.89 bits per heavy atom. The molecular formula is C27H27N9. The Balaban J connectivity index is 1.39. The first-order valence-electron chi connectivity index (χ1n) is 11.8. The number of nitrogens with two attached hydrogens (primary N) is 1. The average Bonchev–Trinajstić information content (AvgIpc) is 3.35. The monoisotopic (exact) mass is 477 g/mol. The molecule has 0 amide bonds. The number of piperazine rings is 1. The molecule has 1 fully saturated rings. The Hall–Kier alpha value is -4.55. The van der Waals surface area contributed by atoms with E-state index in [0.717, 1.165) is 66.3 Å². The molecule has 0 aliphatic carbocycles. The molecule has 0 saturated carbocycles. The molecular weight excluding hydrogens is 450 g/mol. The van der Waals surface area contributed by atoms with Gasteiger partial charge in [0, 0.05) is 86.6 Å². The van der Waals surface area contributed by atoms with Crippen LogP contribution in [0.15, 0.2) is 72.4 Å². The van der Waals surface area contributed by atoms with Crippen molar-refractivity contribution in [3.8, 4) is 17.2 Å². The summed E-state index contributed by atoms with van der Waals surface area (Å²) >= 11 is 0. The molecule has 9 heteroatoms. The zero-order chi connectivity index (χ0) is 24.9. The minimum absolute atomic E-state index is 0.529. The number of fused-ring (bicyclic) bond motifs is 1. The molecule has 0 radical (unpaired) electrons. The van der Waals surface area contributed by atoms with Crippen LogP contribution >= 0.6 is 0 Å². The van der Waals surface area contributed by atoms with Gasteiger partial charge in [-0.2, -0.15) is 10.4 Å². The number of allylic oxidation sites excluding steroid dienone is 1. The van der Waals surface area contributed by atoms with Crippen molar-refractivity contribution in [2.75, 3.05) is 38.1 Å². The van der Waals surface area contributed by atoms with Gasteiger partial charge in [0.25, 0.3) is 0 Å². The molecule has 1 aliphatic heterocycles. The molecule has 0 spiro atoms. The van der Waals surface area contributed by atoms with Crippen molar-refractivity contribution in [2.45, 2.75) is 6.54 Å². The highest BCUT2D eigenvalue weighted by Gasteiger charge is 2.19. The zero-order valence-corrected chi connectivity index (χ0v) is 20.1. The van der Waals surface area contributed by atoms with Gasteiger partial charge in [-0.25, -0.2) is 14.5 Å². The first-order valence-corrected chi connectivity index (χ1v) is 11.8. The number of nitriles is 1. The van der Waals surface area contributed by atoms with E-state index in [4.69, 9.17) is 5.73 Å². The summed E-state index contributed by atoms with van der Waals surface area (Å²) in [6, 6.07) is 14.6. The number of hydrogen-bond acceptors (Lipinski definition) is 8.